The molecular formula is C19H19N5O2. The lowest BCUT2D eigenvalue weighted by Crippen LogP contribution is -2.42. The number of aryl methyl sites for hydroxylation is 1. The summed E-state index contributed by atoms with van der Waals surface area (Å²) in [5.74, 6) is -0.000924. The summed E-state index contributed by atoms with van der Waals surface area (Å²) < 4.78 is 7.65. The molecule has 1 atom stereocenters. The Kier molecular flexibility index (Phi) is 4.45. The minimum Gasteiger partial charge on any atom is -0.370 e. The third kappa shape index (κ3) is 3.34. The number of morpholine rings is 1. The first-order valence-electron chi connectivity index (χ1n) is 8.49. The van der Waals surface area contributed by atoms with E-state index in [1.807, 2.05) is 48.2 Å². The maximum atomic E-state index is 13.0. The highest BCUT2D eigenvalue weighted by atomic mass is 16.5. The second kappa shape index (κ2) is 7.05. The number of carbonyl (C=O) groups excluding carboxylic acids is 1. The van der Waals surface area contributed by atoms with E-state index in [1.165, 1.54) is 0 Å². The van der Waals surface area contributed by atoms with E-state index in [9.17, 15) is 4.79 Å². The number of aromatic nitrogens is 4. The predicted octanol–water partition coefficient (Wildman–Crippen LogP) is 2.18. The van der Waals surface area contributed by atoms with Crippen LogP contribution in [0.2, 0.25) is 0 Å². The Bertz CT molecular complexity index is 910. The van der Waals surface area contributed by atoms with E-state index in [0.29, 0.717) is 25.3 Å². The van der Waals surface area contributed by atoms with Crippen molar-refractivity contribution >= 4 is 5.91 Å². The molecule has 3 aromatic rings. The number of ether oxygens (including phenoxy) is 1. The molecule has 0 aliphatic carbocycles. The first kappa shape index (κ1) is 16.4. The molecule has 1 amide bonds. The number of benzene rings is 1. The van der Waals surface area contributed by atoms with Crippen LogP contribution in [0.1, 0.15) is 27.7 Å². The van der Waals surface area contributed by atoms with E-state index >= 15 is 0 Å². The first-order chi connectivity index (χ1) is 12.7. The van der Waals surface area contributed by atoms with Crippen molar-refractivity contribution < 1.29 is 9.53 Å². The van der Waals surface area contributed by atoms with Crippen LogP contribution >= 0.6 is 0 Å². The number of carbonyl (C=O) groups is 1. The second-order valence-corrected chi connectivity index (χ2v) is 6.26. The topological polar surface area (TPSA) is 73.1 Å². The van der Waals surface area contributed by atoms with E-state index in [1.54, 1.807) is 23.4 Å². The van der Waals surface area contributed by atoms with Crippen LogP contribution in [0.25, 0.3) is 5.69 Å². The molecule has 26 heavy (non-hydrogen) atoms. The standard InChI is InChI=1S/C19H19N5O2/c1-14-9-15(5-6-20-14)18-11-23(7-8-26-18)19(25)16-3-2-4-17(10-16)24-12-21-22-13-24/h2-6,9-10,12-13,18H,7-8,11H2,1H3. The summed E-state index contributed by atoms with van der Waals surface area (Å²) in [6.07, 6.45) is 4.87. The second-order valence-electron chi connectivity index (χ2n) is 6.26. The lowest BCUT2D eigenvalue weighted by atomic mass is 10.1. The number of rotatable bonds is 3. The Morgan fingerprint density at radius 3 is 2.85 bits per heavy atom. The minimum absolute atomic E-state index is 0.000924. The van der Waals surface area contributed by atoms with Crippen molar-refractivity contribution in [1.82, 2.24) is 24.6 Å². The number of nitrogens with zero attached hydrogens (tertiary/aromatic N) is 5. The third-order valence-corrected chi connectivity index (χ3v) is 4.46. The molecule has 0 radical (unpaired) electrons. The fourth-order valence-corrected chi connectivity index (χ4v) is 3.12. The molecule has 4 rings (SSSR count). The van der Waals surface area contributed by atoms with Gasteiger partial charge in [-0.25, -0.2) is 0 Å². The zero-order chi connectivity index (χ0) is 17.9. The predicted molar refractivity (Wildman–Crippen MR) is 94.9 cm³/mol. The van der Waals surface area contributed by atoms with Crippen LogP contribution < -0.4 is 0 Å². The molecule has 0 spiro atoms. The fraction of sp³-hybridized carbons (Fsp3) is 0.263. The van der Waals surface area contributed by atoms with Crippen molar-refractivity contribution in [3.8, 4) is 5.69 Å². The van der Waals surface area contributed by atoms with Gasteiger partial charge < -0.3 is 9.64 Å². The number of pyridine rings is 1. The lowest BCUT2D eigenvalue weighted by Gasteiger charge is -2.33. The molecule has 1 unspecified atom stereocenters. The minimum atomic E-state index is -0.129. The molecule has 0 N–H and O–H groups in total. The summed E-state index contributed by atoms with van der Waals surface area (Å²) in [5.41, 5.74) is 3.49. The van der Waals surface area contributed by atoms with E-state index in [2.05, 4.69) is 15.2 Å². The van der Waals surface area contributed by atoms with Crippen LogP contribution in [0.5, 0.6) is 0 Å². The number of hydrogen-bond acceptors (Lipinski definition) is 5. The van der Waals surface area contributed by atoms with Crippen molar-refractivity contribution in [3.63, 3.8) is 0 Å². The highest BCUT2D eigenvalue weighted by Crippen LogP contribution is 2.24. The van der Waals surface area contributed by atoms with Crippen LogP contribution in [-0.4, -0.2) is 50.3 Å². The van der Waals surface area contributed by atoms with Gasteiger partial charge in [0.2, 0.25) is 0 Å². The molecule has 1 aliphatic rings. The SMILES string of the molecule is Cc1cc(C2CN(C(=O)c3cccc(-n4cnnc4)c3)CCO2)ccn1. The van der Waals surface area contributed by atoms with Gasteiger partial charge in [0, 0.05) is 29.7 Å². The molecule has 0 saturated carbocycles. The smallest absolute Gasteiger partial charge is 0.254 e. The van der Waals surface area contributed by atoms with E-state index in [4.69, 9.17) is 4.74 Å². The Labute approximate surface area is 151 Å². The normalized spacial score (nSPS) is 17.3. The first-order valence-corrected chi connectivity index (χ1v) is 8.49. The van der Waals surface area contributed by atoms with Crippen molar-refractivity contribution in [2.75, 3.05) is 19.7 Å². The van der Waals surface area contributed by atoms with Gasteiger partial charge in [0.1, 0.15) is 18.8 Å². The Morgan fingerprint density at radius 2 is 2.04 bits per heavy atom. The van der Waals surface area contributed by atoms with Gasteiger partial charge >= 0.3 is 0 Å². The highest BCUT2D eigenvalue weighted by molar-refractivity contribution is 5.94. The van der Waals surface area contributed by atoms with Crippen LogP contribution in [0.15, 0.2) is 55.2 Å². The van der Waals surface area contributed by atoms with Gasteiger partial charge in [-0.1, -0.05) is 6.07 Å². The molecule has 132 valence electrons. The van der Waals surface area contributed by atoms with Crippen LogP contribution in [0.4, 0.5) is 0 Å². The molecule has 1 aromatic carbocycles. The quantitative estimate of drug-likeness (QED) is 0.725. The van der Waals surface area contributed by atoms with E-state index in [0.717, 1.165) is 16.9 Å². The molecule has 1 fully saturated rings. The van der Waals surface area contributed by atoms with Gasteiger partial charge in [-0.2, -0.15) is 0 Å². The summed E-state index contributed by atoms with van der Waals surface area (Å²) in [4.78, 5) is 19.0. The van der Waals surface area contributed by atoms with Gasteiger partial charge in [0.15, 0.2) is 0 Å². The van der Waals surface area contributed by atoms with Crippen molar-refractivity contribution in [2.45, 2.75) is 13.0 Å². The average molecular weight is 349 g/mol. The Hall–Kier alpha value is -3.06. The van der Waals surface area contributed by atoms with Crippen LogP contribution in [0.3, 0.4) is 0 Å². The summed E-state index contributed by atoms with van der Waals surface area (Å²) in [5, 5.41) is 7.62. The Balaban J connectivity index is 1.54. The monoisotopic (exact) mass is 349 g/mol. The molecule has 7 heteroatoms. The van der Waals surface area contributed by atoms with E-state index < -0.39 is 0 Å². The largest absolute Gasteiger partial charge is 0.370 e. The van der Waals surface area contributed by atoms with Gasteiger partial charge in [-0.05, 0) is 42.8 Å². The lowest BCUT2D eigenvalue weighted by molar-refractivity contribution is -0.0228. The highest BCUT2D eigenvalue weighted by Gasteiger charge is 2.26. The zero-order valence-corrected chi connectivity index (χ0v) is 14.4. The molecule has 0 bridgehead atoms. The van der Waals surface area contributed by atoms with Gasteiger partial charge in [0.05, 0.1) is 13.2 Å². The van der Waals surface area contributed by atoms with Crippen molar-refractivity contribution in [2.24, 2.45) is 0 Å². The molecular weight excluding hydrogens is 330 g/mol. The molecule has 7 nitrogen and oxygen atoms in total. The maximum absolute atomic E-state index is 13.0. The van der Waals surface area contributed by atoms with Gasteiger partial charge in [-0.15, -0.1) is 10.2 Å². The van der Waals surface area contributed by atoms with E-state index in [-0.39, 0.29) is 12.0 Å². The van der Waals surface area contributed by atoms with Gasteiger partial charge in [-0.3, -0.25) is 14.3 Å². The van der Waals surface area contributed by atoms with Gasteiger partial charge in [0.25, 0.3) is 5.91 Å². The zero-order valence-electron chi connectivity index (χ0n) is 14.4. The Morgan fingerprint density at radius 1 is 1.19 bits per heavy atom. The molecule has 1 aliphatic heterocycles. The van der Waals surface area contributed by atoms with Crippen molar-refractivity contribution in [1.29, 1.82) is 0 Å². The molecule has 1 saturated heterocycles. The third-order valence-electron chi connectivity index (χ3n) is 4.46. The number of amides is 1. The summed E-state index contributed by atoms with van der Waals surface area (Å²) in [6, 6.07) is 11.4. The summed E-state index contributed by atoms with van der Waals surface area (Å²) >= 11 is 0. The van der Waals surface area contributed by atoms with Crippen LogP contribution in [0, 0.1) is 6.92 Å². The maximum Gasteiger partial charge on any atom is 0.254 e. The summed E-state index contributed by atoms with van der Waals surface area (Å²) in [6.45, 7) is 3.57. The molecule has 2 aromatic heterocycles. The van der Waals surface area contributed by atoms with Crippen LogP contribution in [-0.2, 0) is 4.74 Å². The summed E-state index contributed by atoms with van der Waals surface area (Å²) in [7, 11) is 0. The van der Waals surface area contributed by atoms with Crippen molar-refractivity contribution in [3.05, 3.63) is 72.1 Å². The average Bonchev–Trinajstić information content (AvgIpc) is 3.22. The fourth-order valence-electron chi connectivity index (χ4n) is 3.12. The molecule has 3 heterocycles. The number of hydrogen-bond donors (Lipinski definition) is 0.